The summed E-state index contributed by atoms with van der Waals surface area (Å²) in [5.41, 5.74) is 0.169. The number of aromatic nitrogens is 1. The minimum atomic E-state index is -4.10. The average molecular weight is 465 g/mol. The van der Waals surface area contributed by atoms with Crippen molar-refractivity contribution in [1.82, 2.24) is 4.57 Å². The van der Waals surface area contributed by atoms with Crippen molar-refractivity contribution >= 4 is 38.0 Å². The third-order valence-corrected chi connectivity index (χ3v) is 7.36. The number of hydrogen-bond donors (Lipinski definition) is 0. The summed E-state index contributed by atoms with van der Waals surface area (Å²) >= 11 is 5.87. The molecule has 9 heteroatoms. The number of hydrogen-bond acceptors (Lipinski definition) is 5. The van der Waals surface area contributed by atoms with Crippen LogP contribution < -0.4 is 10.3 Å². The van der Waals surface area contributed by atoms with E-state index in [1.165, 1.54) is 30.5 Å². The number of halogens is 2. The van der Waals surface area contributed by atoms with E-state index in [2.05, 4.69) is 0 Å². The molecule has 0 atom stereocenters. The van der Waals surface area contributed by atoms with Crippen LogP contribution in [0.25, 0.3) is 10.9 Å². The fourth-order valence-corrected chi connectivity index (χ4v) is 5.27. The molecule has 0 spiro atoms. The molecule has 1 saturated heterocycles. The Hall–Kier alpha value is -2.42. The van der Waals surface area contributed by atoms with Gasteiger partial charge >= 0.3 is 0 Å². The van der Waals surface area contributed by atoms with Crippen molar-refractivity contribution in [2.75, 3.05) is 31.2 Å². The Morgan fingerprint density at radius 2 is 1.81 bits per heavy atom. The van der Waals surface area contributed by atoms with Gasteiger partial charge in [-0.3, -0.25) is 4.79 Å². The maximum atomic E-state index is 15.0. The van der Waals surface area contributed by atoms with Crippen LogP contribution in [-0.2, 0) is 21.1 Å². The number of ether oxygens (including phenoxy) is 1. The van der Waals surface area contributed by atoms with E-state index in [0.717, 1.165) is 6.07 Å². The molecule has 164 valence electrons. The van der Waals surface area contributed by atoms with Gasteiger partial charge in [-0.15, -0.1) is 0 Å². The van der Waals surface area contributed by atoms with Crippen LogP contribution in [0.15, 0.2) is 57.2 Å². The number of aryl methyl sites for hydroxylation is 1. The van der Waals surface area contributed by atoms with Crippen molar-refractivity contribution in [3.63, 3.8) is 0 Å². The minimum Gasteiger partial charge on any atom is -0.378 e. The van der Waals surface area contributed by atoms with Gasteiger partial charge < -0.3 is 14.2 Å². The van der Waals surface area contributed by atoms with E-state index < -0.39 is 21.1 Å². The summed E-state index contributed by atoms with van der Waals surface area (Å²) in [6.07, 6.45) is 2.07. The van der Waals surface area contributed by atoms with E-state index in [1.54, 1.807) is 10.6 Å². The zero-order valence-electron chi connectivity index (χ0n) is 17.0. The molecule has 3 aromatic rings. The second-order valence-corrected chi connectivity index (χ2v) is 9.75. The Morgan fingerprint density at radius 1 is 1.13 bits per heavy atom. The number of nitrogens with zero attached hydrogens (tertiary/aromatic N) is 2. The molecule has 0 aliphatic carbocycles. The predicted molar refractivity (Wildman–Crippen MR) is 118 cm³/mol. The normalized spacial score (nSPS) is 14.9. The molecule has 4 rings (SSSR count). The van der Waals surface area contributed by atoms with Crippen molar-refractivity contribution in [3.05, 3.63) is 63.7 Å². The Bertz CT molecular complexity index is 1280. The molecule has 0 radical (unpaired) electrons. The summed E-state index contributed by atoms with van der Waals surface area (Å²) in [5, 5.41) is 0.427. The van der Waals surface area contributed by atoms with Gasteiger partial charge in [-0.05, 0) is 42.8 Å². The maximum absolute atomic E-state index is 15.0. The highest BCUT2D eigenvalue weighted by Crippen LogP contribution is 2.28. The van der Waals surface area contributed by atoms with Gasteiger partial charge in [0.25, 0.3) is 0 Å². The zero-order valence-corrected chi connectivity index (χ0v) is 18.5. The molecule has 0 N–H and O–H groups in total. The lowest BCUT2D eigenvalue weighted by Gasteiger charge is -2.29. The molecule has 1 aromatic heterocycles. The first-order valence-electron chi connectivity index (χ1n) is 10.0. The highest BCUT2D eigenvalue weighted by atomic mass is 35.5. The first kappa shape index (κ1) is 21.8. The molecule has 0 bridgehead atoms. The third kappa shape index (κ3) is 4.07. The monoisotopic (exact) mass is 464 g/mol. The second-order valence-electron chi connectivity index (χ2n) is 7.39. The maximum Gasteiger partial charge on any atom is 0.211 e. The molecule has 1 aliphatic rings. The molecule has 1 aliphatic heterocycles. The summed E-state index contributed by atoms with van der Waals surface area (Å²) in [7, 11) is -4.10. The van der Waals surface area contributed by atoms with E-state index in [9.17, 15) is 13.2 Å². The van der Waals surface area contributed by atoms with Gasteiger partial charge in [0.1, 0.15) is 10.7 Å². The lowest BCUT2D eigenvalue weighted by Crippen LogP contribution is -2.36. The molecule has 6 nitrogen and oxygen atoms in total. The number of morpholine rings is 1. The van der Waals surface area contributed by atoms with Crippen LogP contribution in [0.3, 0.4) is 0 Å². The molecule has 0 saturated carbocycles. The number of anilines is 1. The average Bonchev–Trinajstić information content (AvgIpc) is 2.76. The van der Waals surface area contributed by atoms with Crippen molar-refractivity contribution in [3.8, 4) is 0 Å². The quantitative estimate of drug-likeness (QED) is 0.573. The van der Waals surface area contributed by atoms with Crippen molar-refractivity contribution < 1.29 is 17.5 Å². The number of rotatable bonds is 5. The zero-order chi connectivity index (χ0) is 22.2. The van der Waals surface area contributed by atoms with Gasteiger partial charge in [0.2, 0.25) is 15.3 Å². The molecular weight excluding hydrogens is 443 g/mol. The van der Waals surface area contributed by atoms with Crippen molar-refractivity contribution in [2.45, 2.75) is 29.7 Å². The van der Waals surface area contributed by atoms with Gasteiger partial charge in [0, 0.05) is 30.9 Å². The first-order chi connectivity index (χ1) is 14.8. The highest BCUT2D eigenvalue weighted by Gasteiger charge is 2.25. The fraction of sp³-hybridized carbons (Fsp3) is 0.318. The van der Waals surface area contributed by atoms with E-state index >= 15 is 4.39 Å². The Labute approximate surface area is 184 Å². The van der Waals surface area contributed by atoms with Crippen LogP contribution in [0.4, 0.5) is 10.1 Å². The third-order valence-electron chi connectivity index (χ3n) is 5.35. The Balaban J connectivity index is 1.93. The SMILES string of the molecule is CCCn1cc(S(=O)(=O)c2ccc(Cl)cc2)c(=O)c2cc(F)c(N3CCOCC3)cc21. The van der Waals surface area contributed by atoms with E-state index in [0.29, 0.717) is 55.5 Å². The minimum absolute atomic E-state index is 0.0398. The number of benzene rings is 2. The van der Waals surface area contributed by atoms with Crippen LogP contribution in [0.1, 0.15) is 13.3 Å². The van der Waals surface area contributed by atoms with E-state index in [-0.39, 0.29) is 15.2 Å². The summed E-state index contributed by atoms with van der Waals surface area (Å²) in [5.74, 6) is -0.560. The molecular formula is C22H22ClFN2O4S. The number of fused-ring (bicyclic) bond motifs is 1. The predicted octanol–water partition coefficient (Wildman–Crippen LogP) is 3.87. The van der Waals surface area contributed by atoms with Gasteiger partial charge in [-0.1, -0.05) is 18.5 Å². The molecule has 0 unspecified atom stereocenters. The Morgan fingerprint density at radius 3 is 2.45 bits per heavy atom. The molecule has 2 aromatic carbocycles. The van der Waals surface area contributed by atoms with E-state index in [4.69, 9.17) is 16.3 Å². The summed E-state index contributed by atoms with van der Waals surface area (Å²) in [6, 6.07) is 8.39. The second kappa shape index (κ2) is 8.61. The van der Waals surface area contributed by atoms with Crippen LogP contribution in [0.5, 0.6) is 0 Å². The van der Waals surface area contributed by atoms with Crippen molar-refractivity contribution in [2.24, 2.45) is 0 Å². The van der Waals surface area contributed by atoms with Crippen LogP contribution in [-0.4, -0.2) is 39.3 Å². The topological polar surface area (TPSA) is 68.6 Å². The Kier molecular flexibility index (Phi) is 6.05. The summed E-state index contributed by atoms with van der Waals surface area (Å²) in [6.45, 7) is 4.51. The van der Waals surface area contributed by atoms with Crippen LogP contribution in [0.2, 0.25) is 5.02 Å². The molecule has 0 amide bonds. The van der Waals surface area contributed by atoms with Crippen LogP contribution >= 0.6 is 11.6 Å². The fourth-order valence-electron chi connectivity index (χ4n) is 3.78. The lowest BCUT2D eigenvalue weighted by molar-refractivity contribution is 0.122. The van der Waals surface area contributed by atoms with Crippen LogP contribution in [0, 0.1) is 5.82 Å². The molecule has 31 heavy (non-hydrogen) atoms. The van der Waals surface area contributed by atoms with Gasteiger partial charge in [0.15, 0.2) is 0 Å². The summed E-state index contributed by atoms with van der Waals surface area (Å²) < 4.78 is 48.4. The van der Waals surface area contributed by atoms with Gasteiger partial charge in [-0.2, -0.15) is 0 Å². The molecule has 1 fully saturated rings. The van der Waals surface area contributed by atoms with E-state index in [1.807, 2.05) is 11.8 Å². The van der Waals surface area contributed by atoms with Gasteiger partial charge in [-0.25, -0.2) is 12.8 Å². The lowest BCUT2D eigenvalue weighted by atomic mass is 10.1. The highest BCUT2D eigenvalue weighted by molar-refractivity contribution is 7.91. The largest absolute Gasteiger partial charge is 0.378 e. The summed E-state index contributed by atoms with van der Waals surface area (Å²) in [4.78, 5) is 14.6. The smallest absolute Gasteiger partial charge is 0.211 e. The number of pyridine rings is 1. The molecule has 2 heterocycles. The number of sulfone groups is 1. The van der Waals surface area contributed by atoms with Gasteiger partial charge in [0.05, 0.1) is 34.7 Å². The van der Waals surface area contributed by atoms with Crippen molar-refractivity contribution in [1.29, 1.82) is 0 Å². The standard InChI is InChI=1S/C22H22ClFN2O4S/c1-2-7-26-14-21(31(28,29)16-5-3-15(23)4-6-16)22(27)17-12-18(24)20(13-19(17)26)25-8-10-30-11-9-25/h3-6,12-14H,2,7-11H2,1H3. The first-order valence-corrected chi connectivity index (χ1v) is 11.9.